The summed E-state index contributed by atoms with van der Waals surface area (Å²) in [4.78, 5) is 9.56. The fourth-order valence-corrected chi connectivity index (χ4v) is 4.25. The molecule has 0 radical (unpaired) electrons. The first-order valence-corrected chi connectivity index (χ1v) is 11.0. The van der Waals surface area contributed by atoms with Crippen LogP contribution in [0.3, 0.4) is 0 Å². The van der Waals surface area contributed by atoms with E-state index in [2.05, 4.69) is 5.32 Å². The quantitative estimate of drug-likeness (QED) is 0.446. The zero-order valence-corrected chi connectivity index (χ0v) is 18.8. The van der Waals surface area contributed by atoms with Gasteiger partial charge in [0.1, 0.15) is 5.82 Å². The predicted octanol–water partition coefficient (Wildman–Crippen LogP) is 5.01. The van der Waals surface area contributed by atoms with Crippen molar-refractivity contribution in [2.45, 2.75) is 32.1 Å². The molecule has 2 heterocycles. The number of ether oxygens (including phenoxy) is 2. The Balaban J connectivity index is 1.56. The van der Waals surface area contributed by atoms with E-state index in [9.17, 15) is 0 Å². The highest BCUT2D eigenvalue weighted by atomic mass is 35.5. The number of nitrogens with one attached hydrogen (secondary N) is 1. The molecule has 164 valence electrons. The van der Waals surface area contributed by atoms with Crippen LogP contribution in [0.15, 0.2) is 42.5 Å². The third-order valence-corrected chi connectivity index (χ3v) is 5.98. The van der Waals surface area contributed by atoms with Crippen LogP contribution in [0.1, 0.15) is 35.5 Å². The largest absolute Gasteiger partial charge is 0.493 e. The van der Waals surface area contributed by atoms with Gasteiger partial charge in [0.25, 0.3) is 5.78 Å². The Kier molecular flexibility index (Phi) is 5.57. The summed E-state index contributed by atoms with van der Waals surface area (Å²) < 4.78 is 12.7. The molecule has 5 rings (SSSR count). The molecule has 4 aromatic rings. The molecule has 0 unspecified atom stereocenters. The van der Waals surface area contributed by atoms with Crippen molar-refractivity contribution in [2.24, 2.45) is 0 Å². The number of benzene rings is 2. The summed E-state index contributed by atoms with van der Waals surface area (Å²) >= 11 is 6.02. The summed E-state index contributed by atoms with van der Waals surface area (Å²) in [7, 11) is 3.26. The van der Waals surface area contributed by atoms with Gasteiger partial charge in [0, 0.05) is 28.8 Å². The number of hydrogen-bond donors (Lipinski definition) is 1. The molecule has 0 aliphatic heterocycles. The number of fused-ring (bicyclic) bond motifs is 2. The molecule has 32 heavy (non-hydrogen) atoms. The average molecular weight is 450 g/mol. The van der Waals surface area contributed by atoms with Crippen molar-refractivity contribution in [3.63, 3.8) is 0 Å². The van der Waals surface area contributed by atoms with Crippen molar-refractivity contribution in [1.82, 2.24) is 19.6 Å². The van der Waals surface area contributed by atoms with Crippen LogP contribution in [0.2, 0.25) is 5.02 Å². The lowest BCUT2D eigenvalue weighted by Gasteiger charge is -2.20. The molecule has 0 saturated heterocycles. The Labute approximate surface area is 191 Å². The molecular weight excluding hydrogens is 426 g/mol. The molecule has 0 amide bonds. The van der Waals surface area contributed by atoms with Gasteiger partial charge in [-0.3, -0.25) is 0 Å². The van der Waals surface area contributed by atoms with Crippen LogP contribution in [-0.4, -0.2) is 33.8 Å². The van der Waals surface area contributed by atoms with Gasteiger partial charge in [-0.05, 0) is 55.5 Å². The number of aryl methyl sites for hydroxylation is 1. The normalized spacial score (nSPS) is 13.1. The molecule has 0 spiro atoms. The fraction of sp³-hybridized carbons (Fsp3) is 0.292. The lowest BCUT2D eigenvalue weighted by molar-refractivity contribution is 0.355. The van der Waals surface area contributed by atoms with E-state index in [4.69, 9.17) is 36.1 Å². The average Bonchev–Trinajstić information content (AvgIpc) is 3.22. The van der Waals surface area contributed by atoms with Crippen molar-refractivity contribution in [3.05, 3.63) is 70.1 Å². The fourth-order valence-electron chi connectivity index (χ4n) is 4.12. The second kappa shape index (κ2) is 8.67. The van der Waals surface area contributed by atoms with E-state index in [1.54, 1.807) is 14.2 Å². The Morgan fingerprint density at radius 3 is 2.53 bits per heavy atom. The zero-order chi connectivity index (χ0) is 22.1. The van der Waals surface area contributed by atoms with Crippen LogP contribution < -0.4 is 14.8 Å². The third-order valence-electron chi connectivity index (χ3n) is 5.73. The number of nitrogens with zero attached hydrogens (tertiary/aromatic N) is 4. The molecule has 8 heteroatoms. The van der Waals surface area contributed by atoms with Crippen LogP contribution >= 0.6 is 11.6 Å². The molecule has 7 nitrogen and oxygen atoms in total. The van der Waals surface area contributed by atoms with Crippen LogP contribution in [-0.2, 0) is 19.3 Å². The topological polar surface area (TPSA) is 73.6 Å². The smallest absolute Gasteiger partial charge is 0.254 e. The summed E-state index contributed by atoms with van der Waals surface area (Å²) in [6.45, 7) is 0. The van der Waals surface area contributed by atoms with E-state index in [0.717, 1.165) is 54.3 Å². The minimum absolute atomic E-state index is 0.609. The van der Waals surface area contributed by atoms with Gasteiger partial charge in [0.15, 0.2) is 17.3 Å². The summed E-state index contributed by atoms with van der Waals surface area (Å²) in [5, 5.41) is 9.07. The first-order chi connectivity index (χ1) is 15.6. The van der Waals surface area contributed by atoms with Gasteiger partial charge < -0.3 is 14.8 Å². The Hall–Kier alpha value is -3.32. The van der Waals surface area contributed by atoms with Crippen molar-refractivity contribution >= 4 is 28.9 Å². The van der Waals surface area contributed by atoms with Gasteiger partial charge in [0.05, 0.1) is 19.9 Å². The molecule has 1 aliphatic carbocycles. The predicted molar refractivity (Wildman–Crippen MR) is 125 cm³/mol. The lowest BCUT2D eigenvalue weighted by atomic mass is 9.96. The summed E-state index contributed by atoms with van der Waals surface area (Å²) in [6, 6.07) is 13.5. The molecule has 2 aromatic heterocycles. The van der Waals surface area contributed by atoms with Crippen molar-refractivity contribution in [2.75, 3.05) is 19.5 Å². The van der Waals surface area contributed by atoms with E-state index >= 15 is 0 Å². The second-order valence-electron chi connectivity index (χ2n) is 7.83. The minimum atomic E-state index is 0.609. The minimum Gasteiger partial charge on any atom is -0.493 e. The molecule has 2 aromatic carbocycles. The van der Waals surface area contributed by atoms with Crippen LogP contribution in [0.25, 0.3) is 5.78 Å². The van der Waals surface area contributed by atoms with Gasteiger partial charge in [-0.2, -0.15) is 9.50 Å². The first-order valence-electron chi connectivity index (χ1n) is 10.7. The molecular formula is C24H24ClN5O2. The van der Waals surface area contributed by atoms with E-state index in [1.165, 1.54) is 5.56 Å². The number of rotatable bonds is 6. The number of anilines is 2. The molecule has 0 bridgehead atoms. The Bertz CT molecular complexity index is 1270. The van der Waals surface area contributed by atoms with Crippen molar-refractivity contribution in [1.29, 1.82) is 0 Å². The first kappa shape index (κ1) is 20.6. The highest BCUT2D eigenvalue weighted by Gasteiger charge is 2.21. The summed E-state index contributed by atoms with van der Waals surface area (Å²) in [5.74, 6) is 3.59. The molecule has 0 atom stereocenters. The van der Waals surface area contributed by atoms with Crippen LogP contribution in [0.4, 0.5) is 11.5 Å². The van der Waals surface area contributed by atoms with E-state index in [-0.39, 0.29) is 0 Å². The zero-order valence-electron chi connectivity index (χ0n) is 18.1. The van der Waals surface area contributed by atoms with Crippen molar-refractivity contribution < 1.29 is 9.47 Å². The van der Waals surface area contributed by atoms with E-state index in [0.29, 0.717) is 28.7 Å². The summed E-state index contributed by atoms with van der Waals surface area (Å²) in [6.07, 6.45) is 4.79. The Morgan fingerprint density at radius 1 is 0.969 bits per heavy atom. The Morgan fingerprint density at radius 2 is 1.75 bits per heavy atom. The van der Waals surface area contributed by atoms with Gasteiger partial charge in [-0.15, -0.1) is 5.10 Å². The lowest BCUT2D eigenvalue weighted by Crippen LogP contribution is -2.13. The molecule has 0 saturated carbocycles. The van der Waals surface area contributed by atoms with Gasteiger partial charge in [-0.25, -0.2) is 4.98 Å². The van der Waals surface area contributed by atoms with E-state index < -0.39 is 0 Å². The van der Waals surface area contributed by atoms with Gasteiger partial charge in [-0.1, -0.05) is 23.7 Å². The van der Waals surface area contributed by atoms with Crippen LogP contribution in [0, 0.1) is 0 Å². The SMILES string of the molecule is COc1ccc(Nc2c3c(nc4nc(Cc5ccc(Cl)cc5)nn24)CCCC3)cc1OC. The monoisotopic (exact) mass is 449 g/mol. The van der Waals surface area contributed by atoms with Gasteiger partial charge in [0.2, 0.25) is 0 Å². The molecule has 0 fully saturated rings. The van der Waals surface area contributed by atoms with E-state index in [1.807, 2.05) is 47.0 Å². The second-order valence-corrected chi connectivity index (χ2v) is 8.27. The molecule has 1 N–H and O–H groups in total. The highest BCUT2D eigenvalue weighted by Crippen LogP contribution is 2.34. The maximum atomic E-state index is 6.02. The van der Waals surface area contributed by atoms with Gasteiger partial charge >= 0.3 is 0 Å². The molecule has 1 aliphatic rings. The number of hydrogen-bond acceptors (Lipinski definition) is 6. The number of halogens is 1. The van der Waals surface area contributed by atoms with Crippen molar-refractivity contribution in [3.8, 4) is 11.5 Å². The standard InChI is InChI=1S/C24H24ClN5O2/c1-31-20-12-11-17(14-21(20)32-2)26-23-18-5-3-4-6-19(18)27-24-28-22(29-30(23)24)13-15-7-9-16(25)10-8-15/h7-12,14,26H,3-6,13H2,1-2H3. The van der Waals surface area contributed by atoms with Crippen LogP contribution in [0.5, 0.6) is 11.5 Å². The maximum absolute atomic E-state index is 6.02. The summed E-state index contributed by atoms with van der Waals surface area (Å²) in [5.41, 5.74) is 4.28. The maximum Gasteiger partial charge on any atom is 0.254 e. The highest BCUT2D eigenvalue weighted by molar-refractivity contribution is 6.30. The third kappa shape index (κ3) is 3.96. The number of methoxy groups -OCH3 is 2. The number of aromatic nitrogens is 4.